The average molecular weight is 170 g/mol. The molecule has 0 aromatic carbocycles. The molecular weight excluding hydrogens is 148 g/mol. The number of hydrogen-bond acceptors (Lipinski definition) is 1. The zero-order valence-corrected chi connectivity index (χ0v) is 8.73. The monoisotopic (exact) mass is 170 g/mol. The molecule has 0 saturated heterocycles. The summed E-state index contributed by atoms with van der Waals surface area (Å²) in [6.07, 6.45) is 6.89. The van der Waals surface area contributed by atoms with E-state index in [1.54, 1.807) is 0 Å². The van der Waals surface area contributed by atoms with Gasteiger partial charge in [-0.05, 0) is 6.42 Å². The fourth-order valence-electron chi connectivity index (χ4n) is 1.39. The maximum absolute atomic E-state index is 11.2. The Morgan fingerprint density at radius 1 is 1.17 bits per heavy atom. The molecule has 0 fully saturated rings. The zero-order valence-electron chi connectivity index (χ0n) is 8.73. The van der Waals surface area contributed by atoms with E-state index in [0.29, 0.717) is 18.1 Å². The van der Waals surface area contributed by atoms with E-state index < -0.39 is 0 Å². The largest absolute Gasteiger partial charge is 0.299 e. The first kappa shape index (κ1) is 11.7. The van der Waals surface area contributed by atoms with Crippen molar-refractivity contribution in [3.63, 3.8) is 0 Å². The molecule has 0 aliphatic rings. The number of Topliss-reactive ketones (excluding diaryl/α,β-unsaturated/α-hetero) is 1. The Balaban J connectivity index is 3.31. The van der Waals surface area contributed by atoms with Gasteiger partial charge in [-0.25, -0.2) is 0 Å². The second kappa shape index (κ2) is 7.33. The lowest BCUT2D eigenvalue weighted by Gasteiger charge is -2.07. The van der Waals surface area contributed by atoms with Crippen LogP contribution in [0.4, 0.5) is 0 Å². The predicted molar refractivity (Wildman–Crippen MR) is 53.2 cm³/mol. The standard InChI is InChI=1S/C11H22O/c1-4-6-7-8-9-10(3)11(12)5-2/h10H,4-9H2,1-3H3. The third-order valence-corrected chi connectivity index (χ3v) is 2.39. The van der Waals surface area contributed by atoms with Crippen LogP contribution in [0.2, 0.25) is 0 Å². The van der Waals surface area contributed by atoms with Gasteiger partial charge in [-0.1, -0.05) is 46.5 Å². The SMILES string of the molecule is CCCCCCC(C)C(=O)CC. The number of carbonyl (C=O) groups excluding carboxylic acids is 1. The van der Waals surface area contributed by atoms with E-state index in [1.165, 1.54) is 25.7 Å². The molecule has 72 valence electrons. The van der Waals surface area contributed by atoms with Crippen molar-refractivity contribution in [3.8, 4) is 0 Å². The molecule has 0 heterocycles. The van der Waals surface area contributed by atoms with Crippen LogP contribution in [-0.2, 0) is 4.79 Å². The van der Waals surface area contributed by atoms with Crippen molar-refractivity contribution in [1.29, 1.82) is 0 Å². The molecule has 0 N–H and O–H groups in total. The Hall–Kier alpha value is -0.330. The summed E-state index contributed by atoms with van der Waals surface area (Å²) in [5.74, 6) is 0.721. The second-order valence-electron chi connectivity index (χ2n) is 3.57. The van der Waals surface area contributed by atoms with Crippen LogP contribution in [0.1, 0.15) is 59.3 Å². The summed E-state index contributed by atoms with van der Waals surface area (Å²) in [6, 6.07) is 0. The molecule has 0 radical (unpaired) electrons. The maximum atomic E-state index is 11.2. The highest BCUT2D eigenvalue weighted by molar-refractivity contribution is 5.80. The highest BCUT2D eigenvalue weighted by Gasteiger charge is 2.08. The van der Waals surface area contributed by atoms with Crippen molar-refractivity contribution < 1.29 is 4.79 Å². The van der Waals surface area contributed by atoms with Crippen LogP contribution < -0.4 is 0 Å². The van der Waals surface area contributed by atoms with Gasteiger partial charge in [-0.3, -0.25) is 4.79 Å². The van der Waals surface area contributed by atoms with Crippen LogP contribution >= 0.6 is 0 Å². The van der Waals surface area contributed by atoms with E-state index in [-0.39, 0.29) is 0 Å². The number of carbonyl (C=O) groups is 1. The molecule has 0 aromatic heterocycles. The number of ketones is 1. The molecule has 0 spiro atoms. The summed E-state index contributed by atoms with van der Waals surface area (Å²) >= 11 is 0. The van der Waals surface area contributed by atoms with E-state index in [9.17, 15) is 4.79 Å². The summed E-state index contributed by atoms with van der Waals surface area (Å²) in [5.41, 5.74) is 0. The molecule has 1 atom stereocenters. The highest BCUT2D eigenvalue weighted by atomic mass is 16.1. The van der Waals surface area contributed by atoms with Crippen LogP contribution in [-0.4, -0.2) is 5.78 Å². The molecule has 0 bridgehead atoms. The molecule has 0 rings (SSSR count). The van der Waals surface area contributed by atoms with E-state index in [4.69, 9.17) is 0 Å². The molecule has 0 saturated carbocycles. The molecular formula is C11H22O. The summed E-state index contributed by atoms with van der Waals surface area (Å²) in [6.45, 7) is 6.21. The predicted octanol–water partition coefficient (Wildman–Crippen LogP) is 3.57. The van der Waals surface area contributed by atoms with Crippen molar-refractivity contribution >= 4 is 5.78 Å². The second-order valence-corrected chi connectivity index (χ2v) is 3.57. The quantitative estimate of drug-likeness (QED) is 0.534. The van der Waals surface area contributed by atoms with Crippen LogP contribution in [0.3, 0.4) is 0 Å². The van der Waals surface area contributed by atoms with E-state index >= 15 is 0 Å². The van der Waals surface area contributed by atoms with Crippen LogP contribution in [0, 0.1) is 5.92 Å². The van der Waals surface area contributed by atoms with Crippen LogP contribution in [0.15, 0.2) is 0 Å². The van der Waals surface area contributed by atoms with Gasteiger partial charge in [0.15, 0.2) is 0 Å². The number of hydrogen-bond donors (Lipinski definition) is 0. The van der Waals surface area contributed by atoms with Crippen molar-refractivity contribution in [3.05, 3.63) is 0 Å². The molecule has 0 amide bonds. The first-order chi connectivity index (χ1) is 5.72. The summed E-state index contributed by atoms with van der Waals surface area (Å²) in [7, 11) is 0. The molecule has 0 aliphatic heterocycles. The minimum Gasteiger partial charge on any atom is -0.299 e. The van der Waals surface area contributed by atoms with Gasteiger partial charge in [0.25, 0.3) is 0 Å². The van der Waals surface area contributed by atoms with Gasteiger partial charge in [0.1, 0.15) is 5.78 Å². The smallest absolute Gasteiger partial charge is 0.135 e. The van der Waals surface area contributed by atoms with Gasteiger partial charge in [0.2, 0.25) is 0 Å². The van der Waals surface area contributed by atoms with Gasteiger partial charge >= 0.3 is 0 Å². The summed E-state index contributed by atoms with van der Waals surface area (Å²) in [4.78, 5) is 11.2. The Labute approximate surface area is 76.6 Å². The Bertz CT molecular complexity index is 118. The van der Waals surface area contributed by atoms with Crippen molar-refractivity contribution in [2.45, 2.75) is 59.3 Å². The van der Waals surface area contributed by atoms with Crippen molar-refractivity contribution in [2.24, 2.45) is 5.92 Å². The first-order valence-electron chi connectivity index (χ1n) is 5.25. The third kappa shape index (κ3) is 5.34. The number of rotatable bonds is 7. The molecule has 1 unspecified atom stereocenters. The molecule has 0 aromatic rings. The summed E-state index contributed by atoms with van der Waals surface area (Å²) < 4.78 is 0. The first-order valence-corrected chi connectivity index (χ1v) is 5.25. The van der Waals surface area contributed by atoms with Crippen LogP contribution in [0.5, 0.6) is 0 Å². The minimum atomic E-state index is 0.298. The zero-order chi connectivity index (χ0) is 9.40. The van der Waals surface area contributed by atoms with Gasteiger partial charge in [0.05, 0.1) is 0 Å². The Morgan fingerprint density at radius 2 is 1.83 bits per heavy atom. The molecule has 1 heteroatoms. The van der Waals surface area contributed by atoms with Crippen LogP contribution in [0.25, 0.3) is 0 Å². The lowest BCUT2D eigenvalue weighted by Crippen LogP contribution is -2.08. The lowest BCUT2D eigenvalue weighted by molar-refractivity contribution is -0.122. The van der Waals surface area contributed by atoms with Crippen molar-refractivity contribution in [2.75, 3.05) is 0 Å². The Kier molecular flexibility index (Phi) is 7.12. The molecule has 0 aliphatic carbocycles. The normalized spacial score (nSPS) is 12.9. The average Bonchev–Trinajstić information content (AvgIpc) is 2.10. The van der Waals surface area contributed by atoms with E-state index in [0.717, 1.165) is 6.42 Å². The van der Waals surface area contributed by atoms with Gasteiger partial charge in [-0.2, -0.15) is 0 Å². The van der Waals surface area contributed by atoms with Gasteiger partial charge in [0, 0.05) is 12.3 Å². The Morgan fingerprint density at radius 3 is 2.33 bits per heavy atom. The summed E-state index contributed by atoms with van der Waals surface area (Å²) in [5, 5.41) is 0. The van der Waals surface area contributed by atoms with Gasteiger partial charge in [-0.15, -0.1) is 0 Å². The fraction of sp³-hybridized carbons (Fsp3) is 0.909. The maximum Gasteiger partial charge on any atom is 0.135 e. The van der Waals surface area contributed by atoms with E-state index in [1.807, 2.05) is 6.92 Å². The van der Waals surface area contributed by atoms with Crippen molar-refractivity contribution in [1.82, 2.24) is 0 Å². The van der Waals surface area contributed by atoms with E-state index in [2.05, 4.69) is 13.8 Å². The number of unbranched alkanes of at least 4 members (excludes halogenated alkanes) is 3. The molecule has 1 nitrogen and oxygen atoms in total. The van der Waals surface area contributed by atoms with Gasteiger partial charge < -0.3 is 0 Å². The lowest BCUT2D eigenvalue weighted by atomic mass is 9.97. The highest BCUT2D eigenvalue weighted by Crippen LogP contribution is 2.12. The third-order valence-electron chi connectivity index (χ3n) is 2.39. The molecule has 12 heavy (non-hydrogen) atoms. The minimum absolute atomic E-state index is 0.298. The topological polar surface area (TPSA) is 17.1 Å². The fourth-order valence-corrected chi connectivity index (χ4v) is 1.39.